The third-order valence-corrected chi connectivity index (χ3v) is 4.56. The first-order valence-electron chi connectivity index (χ1n) is 4.74. The van der Waals surface area contributed by atoms with Gasteiger partial charge in [0.15, 0.2) is 0 Å². The second-order valence-electron chi connectivity index (χ2n) is 3.92. The summed E-state index contributed by atoms with van der Waals surface area (Å²) in [5.74, 6) is 0.689. The maximum atomic E-state index is 11.9. The van der Waals surface area contributed by atoms with Crippen molar-refractivity contribution in [1.29, 1.82) is 0 Å². The van der Waals surface area contributed by atoms with Gasteiger partial charge in [0.1, 0.15) is 5.54 Å². The zero-order valence-electron chi connectivity index (χ0n) is 8.37. The number of hydrogen-bond acceptors (Lipinski definition) is 4. The van der Waals surface area contributed by atoms with Gasteiger partial charge in [-0.1, -0.05) is 6.92 Å². The summed E-state index contributed by atoms with van der Waals surface area (Å²) in [5.41, 5.74) is -0.446. The van der Waals surface area contributed by atoms with E-state index in [4.69, 9.17) is 0 Å². The summed E-state index contributed by atoms with van der Waals surface area (Å²) in [6.07, 6.45) is 0.842. The summed E-state index contributed by atoms with van der Waals surface area (Å²) in [4.78, 5) is 24.9. The van der Waals surface area contributed by atoms with Gasteiger partial charge in [-0.15, -0.1) is 0 Å². The summed E-state index contributed by atoms with van der Waals surface area (Å²) >= 11 is 1.80. The van der Waals surface area contributed by atoms with Gasteiger partial charge in [-0.05, 0) is 19.2 Å². The molecule has 2 atom stereocenters. The normalized spacial score (nSPS) is 39.1. The topological polar surface area (TPSA) is 49.4 Å². The van der Waals surface area contributed by atoms with Crippen molar-refractivity contribution in [3.8, 4) is 0 Å². The lowest BCUT2D eigenvalue weighted by atomic mass is 9.88. The smallest absolute Gasteiger partial charge is 0.248 e. The molecule has 1 N–H and O–H groups in total. The molecule has 2 aliphatic rings. The minimum absolute atomic E-state index is 0.117. The average molecular weight is 214 g/mol. The maximum Gasteiger partial charge on any atom is 0.248 e. The van der Waals surface area contributed by atoms with E-state index < -0.39 is 5.54 Å². The Balaban J connectivity index is 2.32. The van der Waals surface area contributed by atoms with Gasteiger partial charge < -0.3 is 0 Å². The van der Waals surface area contributed by atoms with Crippen LogP contribution in [0, 0.1) is 0 Å². The van der Waals surface area contributed by atoms with Crippen molar-refractivity contribution in [3.05, 3.63) is 0 Å². The molecule has 1 spiro atoms. The Kier molecular flexibility index (Phi) is 2.31. The van der Waals surface area contributed by atoms with Crippen LogP contribution in [-0.4, -0.2) is 46.8 Å². The van der Waals surface area contributed by atoms with Gasteiger partial charge in [-0.2, -0.15) is 11.8 Å². The molecule has 0 radical (unpaired) electrons. The Morgan fingerprint density at radius 3 is 2.79 bits per heavy atom. The highest BCUT2D eigenvalue weighted by molar-refractivity contribution is 8.00. The number of rotatable bonds is 0. The fourth-order valence-electron chi connectivity index (χ4n) is 2.34. The lowest BCUT2D eigenvalue weighted by Gasteiger charge is -2.42. The van der Waals surface area contributed by atoms with Gasteiger partial charge in [0, 0.05) is 5.25 Å². The largest absolute Gasteiger partial charge is 0.294 e. The quantitative estimate of drug-likeness (QED) is 0.569. The van der Waals surface area contributed by atoms with E-state index >= 15 is 0 Å². The van der Waals surface area contributed by atoms with Crippen LogP contribution in [0.4, 0.5) is 0 Å². The number of nitrogens with zero attached hydrogens (tertiary/aromatic N) is 1. The molecule has 4 nitrogen and oxygen atoms in total. The Morgan fingerprint density at radius 2 is 2.29 bits per heavy atom. The number of carbonyl (C=O) groups excluding carboxylic acids is 2. The number of amides is 2. The number of thioether (sulfide) groups is 1. The van der Waals surface area contributed by atoms with Gasteiger partial charge in [-0.25, -0.2) is 0 Å². The molecule has 0 saturated carbocycles. The second kappa shape index (κ2) is 3.24. The van der Waals surface area contributed by atoms with E-state index in [9.17, 15) is 9.59 Å². The highest BCUT2D eigenvalue weighted by atomic mass is 32.2. The van der Waals surface area contributed by atoms with E-state index in [-0.39, 0.29) is 17.1 Å². The summed E-state index contributed by atoms with van der Waals surface area (Å²) in [5, 5.41) is 2.70. The summed E-state index contributed by atoms with van der Waals surface area (Å²) in [7, 11) is 1.86. The van der Waals surface area contributed by atoms with Crippen LogP contribution < -0.4 is 5.32 Å². The minimum Gasteiger partial charge on any atom is -0.294 e. The van der Waals surface area contributed by atoms with Crippen molar-refractivity contribution >= 4 is 23.6 Å². The predicted molar refractivity (Wildman–Crippen MR) is 55.0 cm³/mol. The molecule has 0 aliphatic carbocycles. The molecule has 2 amide bonds. The van der Waals surface area contributed by atoms with Gasteiger partial charge in [-0.3, -0.25) is 19.8 Å². The molecule has 2 rings (SSSR count). The fourth-order valence-corrected chi connectivity index (χ4v) is 3.80. The standard InChI is InChI=1S/C9H14N2O2S/c1-6-9(3-4-14-6)8(13)10-7(12)5-11(9)2/h6H,3-5H2,1-2H3,(H,10,12,13). The van der Waals surface area contributed by atoms with Crippen LogP contribution in [0.5, 0.6) is 0 Å². The lowest BCUT2D eigenvalue weighted by Crippen LogP contribution is -2.67. The number of piperazine rings is 1. The third-order valence-electron chi connectivity index (χ3n) is 3.23. The Hall–Kier alpha value is -0.550. The average Bonchev–Trinajstić information content (AvgIpc) is 2.45. The van der Waals surface area contributed by atoms with E-state index in [1.54, 1.807) is 11.8 Å². The molecular weight excluding hydrogens is 200 g/mol. The van der Waals surface area contributed by atoms with E-state index in [2.05, 4.69) is 12.2 Å². The number of imide groups is 1. The highest BCUT2D eigenvalue weighted by Crippen LogP contribution is 2.40. The first-order chi connectivity index (χ1) is 6.57. The Bertz CT molecular complexity index is 295. The van der Waals surface area contributed by atoms with Crippen molar-refractivity contribution in [2.24, 2.45) is 0 Å². The highest BCUT2D eigenvalue weighted by Gasteiger charge is 2.53. The van der Waals surface area contributed by atoms with Crippen LogP contribution in [0.25, 0.3) is 0 Å². The molecule has 0 bridgehead atoms. The fraction of sp³-hybridized carbons (Fsp3) is 0.778. The second-order valence-corrected chi connectivity index (χ2v) is 5.37. The molecule has 2 unspecified atom stereocenters. The van der Waals surface area contributed by atoms with Crippen LogP contribution >= 0.6 is 11.8 Å². The van der Waals surface area contributed by atoms with Crippen molar-refractivity contribution in [1.82, 2.24) is 10.2 Å². The molecule has 2 fully saturated rings. The molecular formula is C9H14N2O2S. The molecule has 78 valence electrons. The summed E-state index contributed by atoms with van der Waals surface area (Å²) < 4.78 is 0. The number of hydrogen-bond donors (Lipinski definition) is 1. The van der Waals surface area contributed by atoms with Crippen LogP contribution in [0.15, 0.2) is 0 Å². The molecule has 0 aromatic carbocycles. The van der Waals surface area contributed by atoms with Gasteiger partial charge in [0.05, 0.1) is 6.54 Å². The lowest BCUT2D eigenvalue weighted by molar-refractivity contribution is -0.145. The van der Waals surface area contributed by atoms with Crippen molar-refractivity contribution < 1.29 is 9.59 Å². The molecule has 0 aromatic rings. The first-order valence-corrected chi connectivity index (χ1v) is 5.79. The summed E-state index contributed by atoms with van der Waals surface area (Å²) in [6.45, 7) is 2.39. The Morgan fingerprint density at radius 1 is 1.57 bits per heavy atom. The van der Waals surface area contributed by atoms with Gasteiger partial charge in [0.2, 0.25) is 11.8 Å². The van der Waals surface area contributed by atoms with Crippen LogP contribution in [0.3, 0.4) is 0 Å². The number of nitrogens with one attached hydrogen (secondary N) is 1. The minimum atomic E-state index is -0.446. The number of likely N-dealkylation sites (N-methyl/N-ethyl adjacent to an activating group) is 1. The van der Waals surface area contributed by atoms with Crippen molar-refractivity contribution in [2.75, 3.05) is 19.3 Å². The molecule has 5 heteroatoms. The maximum absolute atomic E-state index is 11.9. The molecule has 0 aromatic heterocycles. The predicted octanol–water partition coefficient (Wildman–Crippen LogP) is -0.161. The van der Waals surface area contributed by atoms with Gasteiger partial charge in [0.25, 0.3) is 0 Å². The molecule has 2 saturated heterocycles. The van der Waals surface area contributed by atoms with Crippen LogP contribution in [0.1, 0.15) is 13.3 Å². The van der Waals surface area contributed by atoms with Crippen LogP contribution in [-0.2, 0) is 9.59 Å². The van der Waals surface area contributed by atoms with Crippen molar-refractivity contribution in [3.63, 3.8) is 0 Å². The van der Waals surface area contributed by atoms with Crippen LogP contribution in [0.2, 0.25) is 0 Å². The zero-order chi connectivity index (χ0) is 10.3. The molecule has 2 aliphatic heterocycles. The molecule has 14 heavy (non-hydrogen) atoms. The van der Waals surface area contributed by atoms with Crippen molar-refractivity contribution in [2.45, 2.75) is 24.1 Å². The monoisotopic (exact) mass is 214 g/mol. The third kappa shape index (κ3) is 1.19. The van der Waals surface area contributed by atoms with E-state index in [1.165, 1.54) is 0 Å². The Labute approximate surface area is 87.4 Å². The van der Waals surface area contributed by atoms with Gasteiger partial charge >= 0.3 is 0 Å². The SMILES string of the molecule is CC1SCCC12C(=O)NC(=O)CN2C. The first kappa shape index (κ1) is 9.98. The molecule has 2 heterocycles. The van der Waals surface area contributed by atoms with E-state index in [0.29, 0.717) is 6.54 Å². The summed E-state index contributed by atoms with van der Waals surface area (Å²) in [6, 6.07) is 0. The van der Waals surface area contributed by atoms with E-state index in [1.807, 2.05) is 11.9 Å². The zero-order valence-corrected chi connectivity index (χ0v) is 9.19. The number of carbonyl (C=O) groups is 2. The van der Waals surface area contributed by atoms with E-state index in [0.717, 1.165) is 12.2 Å².